The molecular formula is C19H26N4O2. The lowest BCUT2D eigenvalue weighted by molar-refractivity contribution is -0.138. The highest BCUT2D eigenvalue weighted by Crippen LogP contribution is 2.40. The molecule has 0 aromatic carbocycles. The van der Waals surface area contributed by atoms with E-state index in [1.54, 1.807) is 0 Å². The standard InChI is InChI=1S/C19H26N4O2/c1-14-4-2-5-16(20-14)12-22-11-9-19(17(22)24)8-3-10-23(13-19)18(25)21-15-6-7-15/h2,4-5,15H,3,6-13H2,1H3,(H,21,25)/t19-/m0/s1. The Kier molecular flexibility index (Phi) is 4.13. The van der Waals surface area contributed by atoms with E-state index in [4.69, 9.17) is 0 Å². The number of piperidine rings is 1. The lowest BCUT2D eigenvalue weighted by Gasteiger charge is -2.39. The van der Waals surface area contributed by atoms with Gasteiger partial charge in [0.2, 0.25) is 5.91 Å². The van der Waals surface area contributed by atoms with E-state index < -0.39 is 0 Å². The number of aromatic nitrogens is 1. The third kappa shape index (κ3) is 3.34. The second kappa shape index (κ2) is 6.32. The third-order valence-corrected chi connectivity index (χ3v) is 5.67. The minimum absolute atomic E-state index is 0.00757. The normalized spacial score (nSPS) is 26.4. The van der Waals surface area contributed by atoms with Gasteiger partial charge < -0.3 is 15.1 Å². The van der Waals surface area contributed by atoms with Crippen molar-refractivity contribution in [1.29, 1.82) is 0 Å². The van der Waals surface area contributed by atoms with Crippen LogP contribution in [-0.4, -0.2) is 52.4 Å². The predicted molar refractivity (Wildman–Crippen MR) is 93.8 cm³/mol. The zero-order valence-electron chi connectivity index (χ0n) is 14.8. The Morgan fingerprint density at radius 3 is 2.92 bits per heavy atom. The smallest absolute Gasteiger partial charge is 0.317 e. The number of carbonyl (C=O) groups is 2. The molecule has 3 fully saturated rings. The van der Waals surface area contributed by atoms with Crippen LogP contribution in [0.15, 0.2) is 18.2 Å². The quantitative estimate of drug-likeness (QED) is 0.914. The van der Waals surface area contributed by atoms with Crippen molar-refractivity contribution in [3.05, 3.63) is 29.6 Å². The van der Waals surface area contributed by atoms with Crippen molar-refractivity contribution < 1.29 is 9.59 Å². The van der Waals surface area contributed by atoms with Crippen LogP contribution in [0.5, 0.6) is 0 Å². The molecule has 6 nitrogen and oxygen atoms in total. The van der Waals surface area contributed by atoms with E-state index in [0.29, 0.717) is 19.1 Å². The molecule has 6 heteroatoms. The highest BCUT2D eigenvalue weighted by atomic mass is 16.2. The van der Waals surface area contributed by atoms with E-state index in [2.05, 4.69) is 10.3 Å². The fourth-order valence-electron chi connectivity index (χ4n) is 4.10. The van der Waals surface area contributed by atoms with Crippen molar-refractivity contribution in [3.8, 4) is 0 Å². The molecule has 2 saturated heterocycles. The molecule has 1 N–H and O–H groups in total. The molecule has 0 unspecified atom stereocenters. The van der Waals surface area contributed by atoms with Crippen LogP contribution in [0, 0.1) is 12.3 Å². The zero-order chi connectivity index (χ0) is 17.4. The van der Waals surface area contributed by atoms with Crippen LogP contribution in [0.25, 0.3) is 0 Å². The van der Waals surface area contributed by atoms with Crippen LogP contribution in [0.3, 0.4) is 0 Å². The number of amides is 3. The fourth-order valence-corrected chi connectivity index (χ4v) is 4.10. The number of likely N-dealkylation sites (tertiary alicyclic amines) is 2. The van der Waals surface area contributed by atoms with E-state index in [9.17, 15) is 9.59 Å². The predicted octanol–water partition coefficient (Wildman–Crippen LogP) is 2.08. The van der Waals surface area contributed by atoms with Crippen molar-refractivity contribution in [2.24, 2.45) is 5.41 Å². The molecule has 1 spiro atoms. The maximum absolute atomic E-state index is 13.1. The molecular weight excluding hydrogens is 316 g/mol. The summed E-state index contributed by atoms with van der Waals surface area (Å²) in [6.07, 6.45) is 4.80. The number of urea groups is 1. The highest BCUT2D eigenvalue weighted by molar-refractivity contribution is 5.86. The van der Waals surface area contributed by atoms with Crippen molar-refractivity contribution >= 4 is 11.9 Å². The summed E-state index contributed by atoms with van der Waals surface area (Å²) in [6, 6.07) is 6.29. The van der Waals surface area contributed by atoms with E-state index in [0.717, 1.165) is 56.6 Å². The highest BCUT2D eigenvalue weighted by Gasteiger charge is 2.49. The first-order valence-electron chi connectivity index (χ1n) is 9.33. The molecule has 1 aliphatic carbocycles. The molecule has 4 rings (SSSR count). The Labute approximate surface area is 148 Å². The number of hydrogen-bond acceptors (Lipinski definition) is 3. The van der Waals surface area contributed by atoms with Gasteiger partial charge in [-0.3, -0.25) is 9.78 Å². The minimum atomic E-state index is -0.386. The van der Waals surface area contributed by atoms with Gasteiger partial charge in [0.1, 0.15) is 0 Å². The molecule has 2 aliphatic heterocycles. The Morgan fingerprint density at radius 1 is 1.32 bits per heavy atom. The number of nitrogens with zero attached hydrogens (tertiary/aromatic N) is 3. The largest absolute Gasteiger partial charge is 0.336 e. The lowest BCUT2D eigenvalue weighted by Crippen LogP contribution is -2.52. The summed E-state index contributed by atoms with van der Waals surface area (Å²) in [5.41, 5.74) is 1.52. The maximum atomic E-state index is 13.1. The van der Waals surface area contributed by atoms with E-state index >= 15 is 0 Å². The van der Waals surface area contributed by atoms with E-state index in [1.165, 1.54) is 0 Å². The first kappa shape index (κ1) is 16.4. The van der Waals surface area contributed by atoms with Gasteiger partial charge in [0.25, 0.3) is 0 Å². The van der Waals surface area contributed by atoms with Gasteiger partial charge in [-0.15, -0.1) is 0 Å². The van der Waals surface area contributed by atoms with Crippen LogP contribution in [0.1, 0.15) is 43.5 Å². The van der Waals surface area contributed by atoms with Crippen LogP contribution in [0.4, 0.5) is 4.79 Å². The molecule has 1 aromatic heterocycles. The van der Waals surface area contributed by atoms with Gasteiger partial charge in [-0.05, 0) is 51.2 Å². The first-order chi connectivity index (χ1) is 12.1. The molecule has 3 aliphatic rings. The molecule has 25 heavy (non-hydrogen) atoms. The first-order valence-corrected chi connectivity index (χ1v) is 9.33. The lowest BCUT2D eigenvalue weighted by atomic mass is 9.78. The molecule has 0 bridgehead atoms. The van der Waals surface area contributed by atoms with E-state index in [-0.39, 0.29) is 17.4 Å². The molecule has 134 valence electrons. The molecule has 1 saturated carbocycles. The second-order valence-corrected chi connectivity index (χ2v) is 7.78. The molecule has 3 heterocycles. The van der Waals surface area contributed by atoms with Crippen LogP contribution in [-0.2, 0) is 11.3 Å². The summed E-state index contributed by atoms with van der Waals surface area (Å²) in [7, 11) is 0. The molecule has 0 radical (unpaired) electrons. The molecule has 3 amide bonds. The summed E-state index contributed by atoms with van der Waals surface area (Å²) < 4.78 is 0. The fraction of sp³-hybridized carbons (Fsp3) is 0.632. The number of pyridine rings is 1. The average molecular weight is 342 g/mol. The van der Waals surface area contributed by atoms with Crippen molar-refractivity contribution in [2.45, 2.75) is 51.6 Å². The number of nitrogens with one attached hydrogen (secondary N) is 1. The Morgan fingerprint density at radius 2 is 2.16 bits per heavy atom. The SMILES string of the molecule is Cc1cccc(CN2CC[C@]3(CCCN(C(=O)NC4CC4)C3)C2=O)n1. The van der Waals surface area contributed by atoms with E-state index in [1.807, 2.05) is 34.9 Å². The van der Waals surface area contributed by atoms with Crippen LogP contribution >= 0.6 is 0 Å². The van der Waals surface area contributed by atoms with Crippen molar-refractivity contribution in [1.82, 2.24) is 20.1 Å². The van der Waals surface area contributed by atoms with Gasteiger partial charge in [-0.1, -0.05) is 6.07 Å². The summed E-state index contributed by atoms with van der Waals surface area (Å²) in [5, 5.41) is 3.05. The Balaban J connectivity index is 1.43. The van der Waals surface area contributed by atoms with Gasteiger partial charge in [0, 0.05) is 31.4 Å². The topological polar surface area (TPSA) is 65.5 Å². The Bertz CT molecular complexity index is 688. The summed E-state index contributed by atoms with van der Waals surface area (Å²) in [5.74, 6) is 0.194. The zero-order valence-corrected chi connectivity index (χ0v) is 14.8. The van der Waals surface area contributed by atoms with Gasteiger partial charge in [0.05, 0.1) is 17.7 Å². The van der Waals surface area contributed by atoms with Crippen molar-refractivity contribution in [3.63, 3.8) is 0 Å². The van der Waals surface area contributed by atoms with Gasteiger partial charge in [-0.2, -0.15) is 0 Å². The molecule has 1 aromatic rings. The third-order valence-electron chi connectivity index (χ3n) is 5.67. The summed E-state index contributed by atoms with van der Waals surface area (Å²) in [6.45, 7) is 4.60. The van der Waals surface area contributed by atoms with Crippen LogP contribution < -0.4 is 5.32 Å². The molecule has 1 atom stereocenters. The number of rotatable bonds is 3. The summed E-state index contributed by atoms with van der Waals surface area (Å²) in [4.78, 5) is 33.8. The van der Waals surface area contributed by atoms with Gasteiger partial charge in [-0.25, -0.2) is 4.79 Å². The number of carbonyl (C=O) groups excluding carboxylic acids is 2. The Hall–Kier alpha value is -2.11. The van der Waals surface area contributed by atoms with Gasteiger partial charge >= 0.3 is 6.03 Å². The minimum Gasteiger partial charge on any atom is -0.336 e. The second-order valence-electron chi connectivity index (χ2n) is 7.78. The van der Waals surface area contributed by atoms with Crippen LogP contribution in [0.2, 0.25) is 0 Å². The van der Waals surface area contributed by atoms with Crippen molar-refractivity contribution in [2.75, 3.05) is 19.6 Å². The number of aryl methyl sites for hydroxylation is 1. The maximum Gasteiger partial charge on any atom is 0.317 e. The number of hydrogen-bond donors (Lipinski definition) is 1. The summed E-state index contributed by atoms with van der Waals surface area (Å²) >= 11 is 0. The average Bonchev–Trinajstić information content (AvgIpc) is 3.37. The van der Waals surface area contributed by atoms with Gasteiger partial charge in [0.15, 0.2) is 0 Å². The monoisotopic (exact) mass is 342 g/mol.